The molecule has 3 amide bonds. The van der Waals surface area contributed by atoms with Gasteiger partial charge < -0.3 is 19.3 Å². The molecule has 1 aliphatic carbocycles. The summed E-state index contributed by atoms with van der Waals surface area (Å²) in [6.45, 7) is 5.33. The highest BCUT2D eigenvalue weighted by Crippen LogP contribution is 2.44. The van der Waals surface area contributed by atoms with Crippen molar-refractivity contribution >= 4 is 23.9 Å². The van der Waals surface area contributed by atoms with Gasteiger partial charge in [-0.3, -0.25) is 19.3 Å². The van der Waals surface area contributed by atoms with Crippen LogP contribution in [-0.4, -0.2) is 90.1 Å². The van der Waals surface area contributed by atoms with Crippen molar-refractivity contribution in [2.75, 3.05) is 33.8 Å². The summed E-state index contributed by atoms with van der Waals surface area (Å²) in [4.78, 5) is 58.9. The fourth-order valence-electron chi connectivity index (χ4n) is 6.79. The van der Waals surface area contributed by atoms with Crippen LogP contribution in [0.2, 0.25) is 0 Å². The summed E-state index contributed by atoms with van der Waals surface area (Å²) in [7, 11) is 3.06. The molecule has 49 heavy (non-hydrogen) atoms. The molecule has 3 aromatic carbocycles. The molecular formula is C39H46FN3O6. The van der Waals surface area contributed by atoms with E-state index in [9.17, 15) is 23.6 Å². The number of fused-ring (bicyclic) bond motifs is 3. The molecule has 1 heterocycles. The Morgan fingerprint density at radius 2 is 1.51 bits per heavy atom. The summed E-state index contributed by atoms with van der Waals surface area (Å²) >= 11 is 0. The topological polar surface area (TPSA) is 96.5 Å². The molecule has 1 fully saturated rings. The molecule has 0 radical (unpaired) electrons. The van der Waals surface area contributed by atoms with Gasteiger partial charge in [0.1, 0.15) is 36.7 Å². The zero-order chi connectivity index (χ0) is 35.3. The monoisotopic (exact) mass is 671 g/mol. The van der Waals surface area contributed by atoms with E-state index in [0.29, 0.717) is 18.4 Å². The van der Waals surface area contributed by atoms with Gasteiger partial charge in [0.05, 0.1) is 0 Å². The first kappa shape index (κ1) is 35.6. The first-order chi connectivity index (χ1) is 23.3. The van der Waals surface area contributed by atoms with Crippen molar-refractivity contribution < 1.29 is 33.0 Å². The molecule has 9 nitrogen and oxygen atoms in total. The number of likely N-dealkylation sites (tertiary alicyclic amines) is 1. The van der Waals surface area contributed by atoms with E-state index < -0.39 is 41.5 Å². The average Bonchev–Trinajstić information content (AvgIpc) is 3.37. The Hall–Kier alpha value is -4.73. The van der Waals surface area contributed by atoms with Crippen molar-refractivity contribution in [2.24, 2.45) is 0 Å². The zero-order valence-electron chi connectivity index (χ0n) is 29.0. The van der Waals surface area contributed by atoms with Crippen molar-refractivity contribution in [3.8, 4) is 11.1 Å². The van der Waals surface area contributed by atoms with E-state index in [1.54, 1.807) is 40.0 Å². The number of halogens is 1. The molecule has 0 saturated carbocycles. The van der Waals surface area contributed by atoms with Gasteiger partial charge in [-0.15, -0.1) is 0 Å². The average molecular weight is 672 g/mol. The number of amides is 3. The molecule has 0 bridgehead atoms. The van der Waals surface area contributed by atoms with Crippen LogP contribution in [0.4, 0.5) is 9.18 Å². The molecule has 0 unspecified atom stereocenters. The van der Waals surface area contributed by atoms with Crippen LogP contribution in [0.25, 0.3) is 11.1 Å². The van der Waals surface area contributed by atoms with Gasteiger partial charge in [-0.25, -0.2) is 9.18 Å². The summed E-state index contributed by atoms with van der Waals surface area (Å²) < 4.78 is 25.1. The third-order valence-corrected chi connectivity index (χ3v) is 9.20. The Morgan fingerprint density at radius 3 is 2.12 bits per heavy atom. The lowest BCUT2D eigenvalue weighted by atomic mass is 9.97. The Bertz CT molecular complexity index is 1620. The number of ether oxygens (including phenoxy) is 2. The van der Waals surface area contributed by atoms with Gasteiger partial charge in [0, 0.05) is 33.0 Å². The van der Waals surface area contributed by atoms with E-state index in [1.165, 1.54) is 33.9 Å². The predicted molar refractivity (Wildman–Crippen MR) is 184 cm³/mol. The van der Waals surface area contributed by atoms with Gasteiger partial charge in [-0.1, -0.05) is 73.5 Å². The Kier molecular flexibility index (Phi) is 11.1. The van der Waals surface area contributed by atoms with Gasteiger partial charge in [0.2, 0.25) is 11.8 Å². The molecule has 3 aromatic rings. The van der Waals surface area contributed by atoms with Crippen molar-refractivity contribution in [3.63, 3.8) is 0 Å². The maximum absolute atomic E-state index is 14.4. The van der Waals surface area contributed by atoms with Gasteiger partial charge in [0.25, 0.3) is 0 Å². The van der Waals surface area contributed by atoms with Crippen LogP contribution in [0.15, 0.2) is 72.8 Å². The molecule has 1 aliphatic heterocycles. The number of hydrogen-bond donors (Lipinski definition) is 0. The van der Waals surface area contributed by atoms with E-state index in [0.717, 1.165) is 35.1 Å². The molecule has 2 atom stereocenters. The van der Waals surface area contributed by atoms with Crippen molar-refractivity contribution in [3.05, 3.63) is 95.3 Å². The first-order valence-electron chi connectivity index (χ1n) is 16.9. The van der Waals surface area contributed by atoms with Crippen LogP contribution < -0.4 is 0 Å². The third-order valence-electron chi connectivity index (χ3n) is 9.20. The molecule has 0 aromatic heterocycles. The third kappa shape index (κ3) is 8.47. The maximum atomic E-state index is 14.4. The molecule has 10 heteroatoms. The van der Waals surface area contributed by atoms with Gasteiger partial charge in [0.15, 0.2) is 0 Å². The van der Waals surface area contributed by atoms with Gasteiger partial charge in [-0.05, 0) is 73.6 Å². The van der Waals surface area contributed by atoms with Crippen LogP contribution >= 0.6 is 0 Å². The molecule has 1 saturated heterocycles. The lowest BCUT2D eigenvalue weighted by Gasteiger charge is -2.39. The van der Waals surface area contributed by atoms with Crippen LogP contribution in [0.5, 0.6) is 0 Å². The van der Waals surface area contributed by atoms with Gasteiger partial charge >= 0.3 is 12.1 Å². The number of likely N-dealkylation sites (N-methyl/N-ethyl adjacent to an activating group) is 2. The fraction of sp³-hybridized carbons (Fsp3) is 0.436. The summed E-state index contributed by atoms with van der Waals surface area (Å²) in [5, 5.41) is 0. The van der Waals surface area contributed by atoms with E-state index in [4.69, 9.17) is 9.47 Å². The van der Waals surface area contributed by atoms with Crippen molar-refractivity contribution in [1.29, 1.82) is 0 Å². The molecular weight excluding hydrogens is 625 g/mol. The van der Waals surface area contributed by atoms with E-state index in [1.807, 2.05) is 36.4 Å². The van der Waals surface area contributed by atoms with E-state index in [2.05, 4.69) is 12.1 Å². The molecule has 0 spiro atoms. The Morgan fingerprint density at radius 1 is 0.898 bits per heavy atom. The summed E-state index contributed by atoms with van der Waals surface area (Å²) in [6, 6.07) is 20.1. The molecule has 0 N–H and O–H groups in total. The van der Waals surface area contributed by atoms with Gasteiger partial charge in [-0.2, -0.15) is 0 Å². The number of carbonyl (C=O) groups excluding carboxylic acids is 4. The maximum Gasteiger partial charge on any atom is 0.410 e. The number of rotatable bonds is 9. The lowest BCUT2D eigenvalue weighted by molar-refractivity contribution is -0.159. The molecule has 2 aliphatic rings. The van der Waals surface area contributed by atoms with Crippen LogP contribution in [-0.2, 0) is 30.3 Å². The van der Waals surface area contributed by atoms with Crippen molar-refractivity contribution in [2.45, 2.75) is 76.5 Å². The second-order valence-electron chi connectivity index (χ2n) is 13.9. The predicted octanol–water partition coefficient (Wildman–Crippen LogP) is 6.19. The Balaban J connectivity index is 1.35. The smallest absolute Gasteiger partial charge is 0.410 e. The highest BCUT2D eigenvalue weighted by molar-refractivity contribution is 5.92. The molecule has 5 rings (SSSR count). The summed E-state index contributed by atoms with van der Waals surface area (Å²) in [5.41, 5.74) is 4.33. The minimum Gasteiger partial charge on any atom is -0.459 e. The minimum absolute atomic E-state index is 0.102. The summed E-state index contributed by atoms with van der Waals surface area (Å²) in [6.07, 6.45) is 2.07. The first-order valence-corrected chi connectivity index (χ1v) is 16.9. The highest BCUT2D eigenvalue weighted by atomic mass is 19.1. The minimum atomic E-state index is -0.998. The lowest BCUT2D eigenvalue weighted by Crippen LogP contribution is -2.58. The summed E-state index contributed by atoms with van der Waals surface area (Å²) in [5.74, 6) is -1.95. The Labute approximate surface area is 288 Å². The normalized spacial score (nSPS) is 16.9. The highest BCUT2D eigenvalue weighted by Gasteiger charge is 2.40. The van der Waals surface area contributed by atoms with E-state index in [-0.39, 0.29) is 37.9 Å². The quantitative estimate of drug-likeness (QED) is 0.252. The second-order valence-corrected chi connectivity index (χ2v) is 13.9. The standard InChI is InChI=1S/C39H46FN3O6/c1-39(2,3)49-35(44)24-41(4)36(45)34(23-26-18-20-27(40)21-19-26)43-22-12-6-7-17-33(37(43)46)42(5)38(47)48-25-32-30-15-10-8-13-28(30)29-14-9-11-16-31(29)32/h8-11,13-16,18-21,32-34H,6-7,12,17,22-25H2,1-5H3/t33-,34-/m0/s1. The molecule has 260 valence electrons. The van der Waals surface area contributed by atoms with Crippen LogP contribution in [0.3, 0.4) is 0 Å². The van der Waals surface area contributed by atoms with Crippen LogP contribution in [0, 0.1) is 5.82 Å². The van der Waals surface area contributed by atoms with Crippen LogP contribution in [0.1, 0.15) is 69.1 Å². The number of benzene rings is 3. The SMILES string of the molecule is CN(CC(=O)OC(C)(C)C)C(=O)[C@H](Cc1ccc(F)cc1)N1CCCCC[C@H](N(C)C(=O)OCC2c3ccccc3-c3ccccc32)C1=O. The second kappa shape index (κ2) is 15.2. The number of hydrogen-bond acceptors (Lipinski definition) is 6. The zero-order valence-corrected chi connectivity index (χ0v) is 29.0. The number of esters is 1. The number of nitrogens with zero attached hydrogens (tertiary/aromatic N) is 3. The fourth-order valence-corrected chi connectivity index (χ4v) is 6.79. The van der Waals surface area contributed by atoms with Crippen molar-refractivity contribution in [1.82, 2.24) is 14.7 Å². The number of carbonyl (C=O) groups is 4. The largest absolute Gasteiger partial charge is 0.459 e. The van der Waals surface area contributed by atoms with E-state index >= 15 is 0 Å².